The van der Waals surface area contributed by atoms with E-state index in [9.17, 15) is 10.1 Å². The number of nitrogens with zero attached hydrogens (tertiary/aromatic N) is 2. The fraction of sp³-hybridized carbons (Fsp3) is 0.478. The Morgan fingerprint density at radius 2 is 1.96 bits per heavy atom. The van der Waals surface area contributed by atoms with Gasteiger partial charge in [0.15, 0.2) is 0 Å². The van der Waals surface area contributed by atoms with E-state index in [1.807, 2.05) is 12.1 Å². The number of ether oxygens (including phenoxy) is 1. The van der Waals surface area contributed by atoms with Crippen LogP contribution in [0.2, 0.25) is 0 Å². The summed E-state index contributed by atoms with van der Waals surface area (Å²) in [6, 6.07) is 14.2. The van der Waals surface area contributed by atoms with Crippen LogP contribution in [0.4, 0.5) is 11.4 Å². The second-order valence-electron chi connectivity index (χ2n) is 8.52. The molecule has 0 spiro atoms. The molecule has 5 nitrogen and oxygen atoms in total. The Balaban J connectivity index is 1.56. The van der Waals surface area contributed by atoms with Crippen molar-refractivity contribution in [2.75, 3.05) is 18.6 Å². The van der Waals surface area contributed by atoms with Crippen molar-refractivity contribution in [2.45, 2.75) is 50.0 Å². The van der Waals surface area contributed by atoms with E-state index in [1.54, 1.807) is 19.2 Å². The van der Waals surface area contributed by atoms with E-state index in [-0.39, 0.29) is 16.0 Å². The summed E-state index contributed by atoms with van der Waals surface area (Å²) in [4.78, 5) is 13.2. The summed E-state index contributed by atoms with van der Waals surface area (Å²) in [7, 11) is 1.75. The molecule has 5 rings (SSSR count). The summed E-state index contributed by atoms with van der Waals surface area (Å²) in [5.74, 6) is 1.61. The van der Waals surface area contributed by atoms with E-state index in [0.717, 1.165) is 30.8 Å². The molecule has 1 saturated heterocycles. The Hall–Kier alpha value is -2.56. The normalized spacial score (nSPS) is 28.2. The lowest BCUT2D eigenvalue weighted by molar-refractivity contribution is -0.384. The number of hydrogen-bond donors (Lipinski definition) is 0. The Morgan fingerprint density at radius 1 is 1.14 bits per heavy atom. The average molecular weight is 378 g/mol. The van der Waals surface area contributed by atoms with Crippen LogP contribution in [0.3, 0.4) is 0 Å². The van der Waals surface area contributed by atoms with Gasteiger partial charge < -0.3 is 9.64 Å². The van der Waals surface area contributed by atoms with Gasteiger partial charge in [-0.1, -0.05) is 18.9 Å². The van der Waals surface area contributed by atoms with Gasteiger partial charge in [0.1, 0.15) is 5.75 Å². The number of anilines is 1. The Bertz CT molecular complexity index is 911. The van der Waals surface area contributed by atoms with E-state index >= 15 is 0 Å². The maximum Gasteiger partial charge on any atom is 0.269 e. The molecular weight excluding hydrogens is 352 g/mol. The van der Waals surface area contributed by atoms with E-state index in [4.69, 9.17) is 4.74 Å². The molecule has 2 aromatic carbocycles. The average Bonchev–Trinajstić information content (AvgIpc) is 2.73. The molecule has 146 valence electrons. The SMILES string of the molecule is COc1ccc2c(c1)[C@]13CCCC[C@@H]1[C@H](C2)N(c1ccc([N+](=O)[O-])cc1)CC3. The van der Waals surface area contributed by atoms with Crippen molar-refractivity contribution in [3.8, 4) is 5.75 Å². The summed E-state index contributed by atoms with van der Waals surface area (Å²) in [6.45, 7) is 1.01. The fourth-order valence-electron chi connectivity index (χ4n) is 6.20. The monoisotopic (exact) mass is 378 g/mol. The van der Waals surface area contributed by atoms with Gasteiger partial charge in [-0.2, -0.15) is 0 Å². The molecular formula is C23H26N2O3. The standard InChI is InChI=1S/C23H26N2O3/c1-28-19-10-5-16-14-22-20-4-2-3-11-23(20,21(16)15-19)12-13-24(22)17-6-8-18(9-7-17)25(26)27/h5-10,15,20,22H,2-4,11-14H2,1H3/t20-,22+,23+/m1/s1. The van der Waals surface area contributed by atoms with E-state index in [1.165, 1.54) is 36.8 Å². The highest BCUT2D eigenvalue weighted by Crippen LogP contribution is 2.56. The van der Waals surface area contributed by atoms with Crippen LogP contribution in [0.1, 0.15) is 43.2 Å². The first-order valence-electron chi connectivity index (χ1n) is 10.3. The third-order valence-electron chi connectivity index (χ3n) is 7.44. The van der Waals surface area contributed by atoms with Crippen molar-refractivity contribution in [2.24, 2.45) is 5.92 Å². The molecule has 2 fully saturated rings. The van der Waals surface area contributed by atoms with Crippen molar-refractivity contribution in [3.63, 3.8) is 0 Å². The van der Waals surface area contributed by atoms with Gasteiger partial charge in [0.2, 0.25) is 0 Å². The zero-order chi connectivity index (χ0) is 19.3. The van der Waals surface area contributed by atoms with Gasteiger partial charge >= 0.3 is 0 Å². The number of non-ortho nitro benzene ring substituents is 1. The fourth-order valence-corrected chi connectivity index (χ4v) is 6.20. The Kier molecular flexibility index (Phi) is 4.07. The van der Waals surface area contributed by atoms with Crippen LogP contribution in [0.25, 0.3) is 0 Å². The van der Waals surface area contributed by atoms with E-state index in [0.29, 0.717) is 12.0 Å². The Labute approximate surface area is 165 Å². The highest BCUT2D eigenvalue weighted by molar-refractivity contribution is 5.56. The number of hydrogen-bond acceptors (Lipinski definition) is 4. The first-order valence-corrected chi connectivity index (χ1v) is 10.3. The second kappa shape index (κ2) is 6.50. The van der Waals surface area contributed by atoms with Crippen LogP contribution in [-0.4, -0.2) is 24.6 Å². The minimum atomic E-state index is -0.323. The minimum Gasteiger partial charge on any atom is -0.497 e. The zero-order valence-corrected chi connectivity index (χ0v) is 16.3. The first kappa shape index (κ1) is 17.5. The number of nitro benzene ring substituents is 1. The van der Waals surface area contributed by atoms with Gasteiger partial charge in [0.05, 0.1) is 12.0 Å². The quantitative estimate of drug-likeness (QED) is 0.565. The molecule has 0 N–H and O–H groups in total. The topological polar surface area (TPSA) is 55.6 Å². The zero-order valence-electron chi connectivity index (χ0n) is 16.3. The maximum atomic E-state index is 11.0. The van der Waals surface area contributed by atoms with Crippen molar-refractivity contribution in [3.05, 3.63) is 63.7 Å². The molecule has 3 atom stereocenters. The second-order valence-corrected chi connectivity index (χ2v) is 8.52. The van der Waals surface area contributed by atoms with Crippen molar-refractivity contribution in [1.29, 1.82) is 0 Å². The lowest BCUT2D eigenvalue weighted by atomic mass is 9.52. The van der Waals surface area contributed by atoms with Crippen molar-refractivity contribution >= 4 is 11.4 Å². The number of benzene rings is 2. The third kappa shape index (κ3) is 2.52. The molecule has 1 aliphatic heterocycles. The molecule has 0 unspecified atom stereocenters. The smallest absolute Gasteiger partial charge is 0.269 e. The molecule has 2 aliphatic carbocycles. The molecule has 0 aromatic heterocycles. The van der Waals surface area contributed by atoms with Crippen molar-refractivity contribution in [1.82, 2.24) is 0 Å². The molecule has 2 aromatic rings. The lowest BCUT2D eigenvalue weighted by Crippen LogP contribution is -2.61. The van der Waals surface area contributed by atoms with Crippen LogP contribution in [0.5, 0.6) is 5.75 Å². The maximum absolute atomic E-state index is 11.0. The highest BCUT2D eigenvalue weighted by Gasteiger charge is 2.53. The number of piperidine rings is 1. The van der Waals surface area contributed by atoms with Gasteiger partial charge in [-0.15, -0.1) is 0 Å². The first-order chi connectivity index (χ1) is 13.6. The van der Waals surface area contributed by atoms with Crippen molar-refractivity contribution < 1.29 is 9.66 Å². The number of methoxy groups -OCH3 is 1. The summed E-state index contributed by atoms with van der Waals surface area (Å²) >= 11 is 0. The predicted octanol–water partition coefficient (Wildman–Crippen LogP) is 4.87. The lowest BCUT2D eigenvalue weighted by Gasteiger charge is -2.59. The number of rotatable bonds is 3. The molecule has 3 aliphatic rings. The van der Waals surface area contributed by atoms with E-state index in [2.05, 4.69) is 23.1 Å². The third-order valence-corrected chi connectivity index (χ3v) is 7.44. The molecule has 1 heterocycles. The molecule has 2 bridgehead atoms. The van der Waals surface area contributed by atoms with Crippen LogP contribution in [-0.2, 0) is 11.8 Å². The number of nitro groups is 1. The predicted molar refractivity (Wildman–Crippen MR) is 109 cm³/mol. The van der Waals surface area contributed by atoms with Crippen LogP contribution < -0.4 is 9.64 Å². The summed E-state index contributed by atoms with van der Waals surface area (Å²) in [5, 5.41) is 11.0. The van der Waals surface area contributed by atoms with Gasteiger partial charge in [-0.05, 0) is 67.0 Å². The highest BCUT2D eigenvalue weighted by atomic mass is 16.6. The molecule has 0 amide bonds. The van der Waals surface area contributed by atoms with Gasteiger partial charge in [0, 0.05) is 35.8 Å². The van der Waals surface area contributed by atoms with E-state index < -0.39 is 0 Å². The van der Waals surface area contributed by atoms with Crippen LogP contribution in [0, 0.1) is 16.0 Å². The molecule has 0 radical (unpaired) electrons. The van der Waals surface area contributed by atoms with Crippen LogP contribution >= 0.6 is 0 Å². The number of fused-ring (bicyclic) bond motifs is 1. The molecule has 1 saturated carbocycles. The Morgan fingerprint density at radius 3 is 2.71 bits per heavy atom. The molecule has 28 heavy (non-hydrogen) atoms. The summed E-state index contributed by atoms with van der Waals surface area (Å²) < 4.78 is 5.55. The van der Waals surface area contributed by atoms with Gasteiger partial charge in [-0.25, -0.2) is 0 Å². The van der Waals surface area contributed by atoms with Crippen LogP contribution in [0.15, 0.2) is 42.5 Å². The van der Waals surface area contributed by atoms with Gasteiger partial charge in [-0.3, -0.25) is 10.1 Å². The molecule has 5 heteroatoms. The summed E-state index contributed by atoms with van der Waals surface area (Å²) in [5.41, 5.74) is 4.52. The van der Waals surface area contributed by atoms with Gasteiger partial charge in [0.25, 0.3) is 5.69 Å². The summed E-state index contributed by atoms with van der Waals surface area (Å²) in [6.07, 6.45) is 7.33. The largest absolute Gasteiger partial charge is 0.497 e. The minimum absolute atomic E-state index is 0.161.